The number of amides is 1. The van der Waals surface area contributed by atoms with E-state index in [0.717, 1.165) is 0 Å². The van der Waals surface area contributed by atoms with Crippen molar-refractivity contribution in [2.45, 2.75) is 26.4 Å². The molecule has 0 aliphatic rings. The van der Waals surface area contributed by atoms with Crippen LogP contribution in [-0.4, -0.2) is 41.0 Å². The average molecular weight is 306 g/mol. The Hall–Kier alpha value is -2.57. The van der Waals surface area contributed by atoms with Gasteiger partial charge in [-0.25, -0.2) is 4.79 Å². The Balaban J connectivity index is 2.27. The molecular formula is C15H18N2O5. The van der Waals surface area contributed by atoms with Gasteiger partial charge in [0.25, 0.3) is 0 Å². The molecule has 2 aromatic rings. The predicted molar refractivity (Wildman–Crippen MR) is 79.3 cm³/mol. The second kappa shape index (κ2) is 6.46. The molecule has 7 nitrogen and oxygen atoms in total. The number of oxazole rings is 1. The lowest BCUT2D eigenvalue weighted by atomic mass is 10.3. The second-order valence-electron chi connectivity index (χ2n) is 5.11. The van der Waals surface area contributed by atoms with Crippen LogP contribution in [0.25, 0.3) is 11.1 Å². The number of ether oxygens (including phenoxy) is 1. The molecule has 1 aromatic heterocycles. The van der Waals surface area contributed by atoms with E-state index in [-0.39, 0.29) is 25.0 Å². The van der Waals surface area contributed by atoms with Gasteiger partial charge in [0, 0.05) is 6.04 Å². The SMILES string of the molecule is COC(=O)CN(C(=O)Cn1c(=O)oc2ccccc21)C(C)C. The van der Waals surface area contributed by atoms with Gasteiger partial charge in [0.15, 0.2) is 5.58 Å². The number of aromatic nitrogens is 1. The van der Waals surface area contributed by atoms with Crippen molar-refractivity contribution < 1.29 is 18.7 Å². The average Bonchev–Trinajstić information content (AvgIpc) is 2.80. The molecule has 0 saturated carbocycles. The van der Waals surface area contributed by atoms with E-state index in [0.29, 0.717) is 11.1 Å². The smallest absolute Gasteiger partial charge is 0.420 e. The lowest BCUT2D eigenvalue weighted by Gasteiger charge is -2.25. The third-order valence-corrected chi connectivity index (χ3v) is 3.34. The fourth-order valence-corrected chi connectivity index (χ4v) is 2.15. The van der Waals surface area contributed by atoms with Crippen LogP contribution in [0.15, 0.2) is 33.5 Å². The van der Waals surface area contributed by atoms with Crippen molar-refractivity contribution in [2.75, 3.05) is 13.7 Å². The van der Waals surface area contributed by atoms with Gasteiger partial charge in [-0.3, -0.25) is 14.2 Å². The number of methoxy groups -OCH3 is 1. The summed E-state index contributed by atoms with van der Waals surface area (Å²) in [4.78, 5) is 37.1. The normalized spacial score (nSPS) is 10.9. The summed E-state index contributed by atoms with van der Waals surface area (Å²) in [6.45, 7) is 3.23. The van der Waals surface area contributed by atoms with Gasteiger partial charge in [-0.1, -0.05) is 12.1 Å². The Morgan fingerprint density at radius 2 is 2.00 bits per heavy atom. The minimum absolute atomic E-state index is 0.155. The van der Waals surface area contributed by atoms with Gasteiger partial charge in [-0.2, -0.15) is 0 Å². The summed E-state index contributed by atoms with van der Waals surface area (Å²) >= 11 is 0. The van der Waals surface area contributed by atoms with Crippen molar-refractivity contribution in [3.8, 4) is 0 Å². The van der Waals surface area contributed by atoms with Gasteiger partial charge in [0.1, 0.15) is 13.1 Å². The van der Waals surface area contributed by atoms with Crippen LogP contribution in [0, 0.1) is 0 Å². The summed E-state index contributed by atoms with van der Waals surface area (Å²) < 4.78 is 10.9. The summed E-state index contributed by atoms with van der Waals surface area (Å²) in [6.07, 6.45) is 0. The number of rotatable bonds is 5. The minimum atomic E-state index is -0.601. The summed E-state index contributed by atoms with van der Waals surface area (Å²) in [5, 5.41) is 0. The van der Waals surface area contributed by atoms with E-state index >= 15 is 0 Å². The van der Waals surface area contributed by atoms with Crippen LogP contribution >= 0.6 is 0 Å². The molecule has 0 unspecified atom stereocenters. The lowest BCUT2D eigenvalue weighted by Crippen LogP contribution is -2.43. The van der Waals surface area contributed by atoms with Crippen LogP contribution in [0.4, 0.5) is 0 Å². The van der Waals surface area contributed by atoms with Gasteiger partial charge in [0.2, 0.25) is 5.91 Å². The number of carbonyl (C=O) groups excluding carboxylic acids is 2. The molecule has 22 heavy (non-hydrogen) atoms. The molecular weight excluding hydrogens is 288 g/mol. The van der Waals surface area contributed by atoms with Crippen molar-refractivity contribution in [3.63, 3.8) is 0 Å². The Bertz CT molecular complexity index is 744. The lowest BCUT2D eigenvalue weighted by molar-refractivity contribution is -0.148. The van der Waals surface area contributed by atoms with Crippen molar-refractivity contribution in [3.05, 3.63) is 34.8 Å². The van der Waals surface area contributed by atoms with Gasteiger partial charge in [-0.15, -0.1) is 0 Å². The van der Waals surface area contributed by atoms with Crippen LogP contribution in [0.3, 0.4) is 0 Å². The molecule has 7 heteroatoms. The van der Waals surface area contributed by atoms with Gasteiger partial charge < -0.3 is 14.1 Å². The topological polar surface area (TPSA) is 81.8 Å². The van der Waals surface area contributed by atoms with Gasteiger partial charge in [-0.05, 0) is 26.0 Å². The first kappa shape index (κ1) is 15.8. The number of para-hydroxylation sites is 2. The molecule has 0 bridgehead atoms. The molecule has 1 heterocycles. The summed E-state index contributed by atoms with van der Waals surface area (Å²) in [7, 11) is 1.26. The molecule has 118 valence electrons. The van der Waals surface area contributed by atoms with Crippen LogP contribution < -0.4 is 5.76 Å². The molecule has 0 fully saturated rings. The molecule has 0 radical (unpaired) electrons. The van der Waals surface area contributed by atoms with E-state index in [9.17, 15) is 14.4 Å². The van der Waals surface area contributed by atoms with Crippen molar-refractivity contribution in [1.82, 2.24) is 9.47 Å². The number of esters is 1. The number of nitrogens with zero attached hydrogens (tertiary/aromatic N) is 2. The maximum atomic E-state index is 12.4. The first-order valence-corrected chi connectivity index (χ1v) is 6.88. The molecule has 0 atom stereocenters. The molecule has 0 N–H and O–H groups in total. The number of carbonyl (C=O) groups is 2. The summed E-state index contributed by atoms with van der Waals surface area (Å²) in [5.74, 6) is -1.46. The van der Waals surface area contributed by atoms with E-state index in [4.69, 9.17) is 4.42 Å². The fourth-order valence-electron chi connectivity index (χ4n) is 2.15. The van der Waals surface area contributed by atoms with Crippen LogP contribution in [0.5, 0.6) is 0 Å². The first-order chi connectivity index (χ1) is 10.4. The zero-order valence-corrected chi connectivity index (χ0v) is 12.7. The van der Waals surface area contributed by atoms with Gasteiger partial charge in [0.05, 0.1) is 12.6 Å². The number of hydrogen-bond acceptors (Lipinski definition) is 5. The van der Waals surface area contributed by atoms with E-state index in [1.165, 1.54) is 16.6 Å². The Morgan fingerprint density at radius 1 is 1.32 bits per heavy atom. The van der Waals surface area contributed by atoms with Crippen molar-refractivity contribution in [2.24, 2.45) is 0 Å². The Labute approximate surface area is 127 Å². The van der Waals surface area contributed by atoms with Crippen LogP contribution in [0.1, 0.15) is 13.8 Å². The number of benzene rings is 1. The molecule has 0 spiro atoms. The maximum Gasteiger partial charge on any atom is 0.420 e. The highest BCUT2D eigenvalue weighted by Crippen LogP contribution is 2.12. The summed E-state index contributed by atoms with van der Waals surface area (Å²) in [6, 6.07) is 6.67. The maximum absolute atomic E-state index is 12.4. The zero-order valence-electron chi connectivity index (χ0n) is 12.7. The van der Waals surface area contributed by atoms with Gasteiger partial charge >= 0.3 is 11.7 Å². The largest absolute Gasteiger partial charge is 0.468 e. The van der Waals surface area contributed by atoms with E-state index in [2.05, 4.69) is 4.74 Å². The predicted octanol–water partition coefficient (Wildman–Crippen LogP) is 1.00. The Kier molecular flexibility index (Phi) is 4.65. The minimum Gasteiger partial charge on any atom is -0.468 e. The first-order valence-electron chi connectivity index (χ1n) is 6.88. The highest BCUT2D eigenvalue weighted by Gasteiger charge is 2.22. The number of fused-ring (bicyclic) bond motifs is 1. The third kappa shape index (κ3) is 3.19. The third-order valence-electron chi connectivity index (χ3n) is 3.34. The standard InChI is InChI=1S/C15H18N2O5/c1-10(2)16(9-14(19)21-3)13(18)8-17-11-6-4-5-7-12(11)22-15(17)20/h4-7,10H,8-9H2,1-3H3. The van der Waals surface area contributed by atoms with E-state index in [1.54, 1.807) is 38.1 Å². The highest BCUT2D eigenvalue weighted by molar-refractivity contribution is 5.83. The van der Waals surface area contributed by atoms with E-state index in [1.807, 2.05) is 0 Å². The molecule has 0 aliphatic heterocycles. The van der Waals surface area contributed by atoms with E-state index < -0.39 is 11.7 Å². The van der Waals surface area contributed by atoms with Crippen molar-refractivity contribution in [1.29, 1.82) is 0 Å². The molecule has 2 rings (SSSR count). The quantitative estimate of drug-likeness (QED) is 0.770. The number of hydrogen-bond donors (Lipinski definition) is 0. The monoisotopic (exact) mass is 306 g/mol. The highest BCUT2D eigenvalue weighted by atomic mass is 16.5. The second-order valence-corrected chi connectivity index (χ2v) is 5.11. The van der Waals surface area contributed by atoms with Crippen LogP contribution in [0.2, 0.25) is 0 Å². The zero-order chi connectivity index (χ0) is 16.3. The molecule has 1 amide bonds. The fraction of sp³-hybridized carbons (Fsp3) is 0.400. The summed E-state index contributed by atoms with van der Waals surface area (Å²) in [5.41, 5.74) is 0.965. The molecule has 0 saturated heterocycles. The Morgan fingerprint density at radius 3 is 2.64 bits per heavy atom. The molecule has 1 aromatic carbocycles. The van der Waals surface area contributed by atoms with Crippen LogP contribution in [-0.2, 0) is 20.9 Å². The molecule has 0 aliphatic carbocycles. The van der Waals surface area contributed by atoms with Crippen molar-refractivity contribution >= 4 is 23.0 Å².